The molecule has 0 radical (unpaired) electrons. The van der Waals surface area contributed by atoms with Crippen LogP contribution >= 0.6 is 31.9 Å². The van der Waals surface area contributed by atoms with Gasteiger partial charge in [-0.15, -0.1) is 0 Å². The molecule has 0 aliphatic carbocycles. The number of halogens is 2. The predicted molar refractivity (Wildman–Crippen MR) is 305 cm³/mol. The monoisotopic (exact) mass is 1160 g/mol. The highest BCUT2D eigenvalue weighted by Crippen LogP contribution is 2.40. The van der Waals surface area contributed by atoms with E-state index in [2.05, 4.69) is 58.4 Å². The SMILES string of the molecule is CN[C@@H](C)C(=O)N[C@H]1CN(C(=O)CCCCCCC(=O)C2Nc3ccccc3N(Cc3c(OC)ccc4cc(Br)ccc34)C(=O)[C@H]2NC(=O)[C@H](C)NC)c2ccccc2N(Cc2c(OC)ccc3cc(Br)ccc23)C1=O. The molecular weight excluding hydrogens is 1100 g/mol. The highest BCUT2D eigenvalue weighted by molar-refractivity contribution is 9.10. The lowest BCUT2D eigenvalue weighted by Crippen LogP contribution is -2.59. The van der Waals surface area contributed by atoms with Crippen LogP contribution in [-0.4, -0.2) is 100 Å². The fourth-order valence-electron chi connectivity index (χ4n) is 9.95. The number of anilines is 4. The Bertz CT molecular complexity index is 3170. The number of ketones is 1. The molecule has 6 aromatic carbocycles. The molecule has 0 spiro atoms. The number of nitrogens with zero attached hydrogens (tertiary/aromatic N) is 3. The minimum Gasteiger partial charge on any atom is -0.496 e. The number of rotatable bonds is 20. The summed E-state index contributed by atoms with van der Waals surface area (Å²) in [5.41, 5.74) is 3.70. The molecule has 2 aliphatic heterocycles. The second kappa shape index (κ2) is 24.9. The number of carbonyl (C=O) groups is 6. The van der Waals surface area contributed by atoms with Gasteiger partial charge in [0.05, 0.1) is 68.7 Å². The summed E-state index contributed by atoms with van der Waals surface area (Å²) in [5.74, 6) is -0.950. The highest BCUT2D eigenvalue weighted by atomic mass is 79.9. The van der Waals surface area contributed by atoms with Gasteiger partial charge >= 0.3 is 0 Å². The van der Waals surface area contributed by atoms with E-state index in [1.54, 1.807) is 56.9 Å². The van der Waals surface area contributed by atoms with Gasteiger partial charge in [-0.1, -0.05) is 93.2 Å². The maximum absolute atomic E-state index is 15.1. The topological polar surface area (TPSA) is 191 Å². The Balaban J connectivity index is 0.982. The van der Waals surface area contributed by atoms with Crippen molar-refractivity contribution >= 4 is 111 Å². The van der Waals surface area contributed by atoms with Gasteiger partial charge in [0.25, 0.3) is 11.8 Å². The van der Waals surface area contributed by atoms with Gasteiger partial charge in [0.1, 0.15) is 29.6 Å². The van der Waals surface area contributed by atoms with Crippen molar-refractivity contribution in [1.82, 2.24) is 21.3 Å². The van der Waals surface area contributed by atoms with Crippen LogP contribution in [0.5, 0.6) is 11.5 Å². The number of hydrogen-bond donors (Lipinski definition) is 5. The van der Waals surface area contributed by atoms with E-state index in [1.165, 1.54) is 0 Å². The maximum atomic E-state index is 15.1. The van der Waals surface area contributed by atoms with Crippen molar-refractivity contribution in [2.24, 2.45) is 0 Å². The Hall–Kier alpha value is -6.86. The second-order valence-corrected chi connectivity index (χ2v) is 21.0. The molecule has 6 aromatic rings. The van der Waals surface area contributed by atoms with E-state index in [0.29, 0.717) is 59.9 Å². The molecule has 0 saturated heterocycles. The van der Waals surface area contributed by atoms with Crippen LogP contribution in [0, 0.1) is 0 Å². The molecule has 76 heavy (non-hydrogen) atoms. The van der Waals surface area contributed by atoms with Crippen molar-refractivity contribution in [1.29, 1.82) is 0 Å². The Labute approximate surface area is 459 Å². The number of fused-ring (bicyclic) bond motifs is 4. The van der Waals surface area contributed by atoms with Gasteiger partial charge in [0, 0.05) is 32.9 Å². The lowest BCUT2D eigenvalue weighted by Gasteiger charge is -2.29. The number of likely N-dealkylation sites (N-methyl/N-ethyl adjacent to an activating group) is 2. The molecule has 5 atom stereocenters. The largest absolute Gasteiger partial charge is 0.496 e. The lowest BCUT2D eigenvalue weighted by molar-refractivity contribution is -0.131. The van der Waals surface area contributed by atoms with Gasteiger partial charge in [-0.05, 0) is 123 Å². The summed E-state index contributed by atoms with van der Waals surface area (Å²) < 4.78 is 13.5. The third-order valence-electron chi connectivity index (χ3n) is 14.4. The molecule has 1 unspecified atom stereocenters. The first-order chi connectivity index (χ1) is 36.6. The van der Waals surface area contributed by atoms with E-state index in [1.807, 2.05) is 109 Å². The van der Waals surface area contributed by atoms with E-state index in [4.69, 9.17) is 9.47 Å². The van der Waals surface area contributed by atoms with Crippen LogP contribution in [0.4, 0.5) is 22.7 Å². The number of Topliss-reactive ketones (excluding diaryl/α,β-unsaturated/α-hetero) is 1. The molecule has 2 aliphatic rings. The number of para-hydroxylation sites is 4. The fraction of sp³-hybridized carbons (Fsp3) is 0.345. The van der Waals surface area contributed by atoms with Gasteiger partial charge < -0.3 is 50.8 Å². The normalized spacial score (nSPS) is 17.2. The van der Waals surface area contributed by atoms with Crippen LogP contribution in [-0.2, 0) is 41.9 Å². The number of hydrogen-bond acceptors (Lipinski definition) is 11. The number of benzene rings is 6. The molecule has 0 bridgehead atoms. The molecule has 0 aromatic heterocycles. The number of amides is 5. The molecule has 16 nitrogen and oxygen atoms in total. The van der Waals surface area contributed by atoms with E-state index in [9.17, 15) is 24.0 Å². The van der Waals surface area contributed by atoms with Gasteiger partial charge in [-0.2, -0.15) is 0 Å². The fourth-order valence-corrected chi connectivity index (χ4v) is 10.7. The average molecular weight is 1160 g/mol. The summed E-state index contributed by atoms with van der Waals surface area (Å²) >= 11 is 7.14. The number of ether oxygens (including phenoxy) is 2. The van der Waals surface area contributed by atoms with Crippen molar-refractivity contribution in [3.05, 3.63) is 129 Å². The third-order valence-corrected chi connectivity index (χ3v) is 15.4. The summed E-state index contributed by atoms with van der Waals surface area (Å²) in [6, 6.07) is 29.3. The number of methoxy groups -OCH3 is 2. The van der Waals surface area contributed by atoms with Crippen molar-refractivity contribution in [2.75, 3.05) is 54.9 Å². The molecule has 0 saturated carbocycles. The Morgan fingerprint density at radius 2 is 1.14 bits per heavy atom. The maximum Gasteiger partial charge on any atom is 0.252 e. The van der Waals surface area contributed by atoms with E-state index in [0.717, 1.165) is 41.6 Å². The van der Waals surface area contributed by atoms with Crippen molar-refractivity contribution in [3.8, 4) is 11.5 Å². The number of unbranched alkanes of at least 4 members (excludes halogenated alkanes) is 3. The first-order valence-electron chi connectivity index (χ1n) is 25.5. The van der Waals surface area contributed by atoms with Gasteiger partial charge in [0.2, 0.25) is 17.7 Å². The Morgan fingerprint density at radius 1 is 0.632 bits per heavy atom. The van der Waals surface area contributed by atoms with Gasteiger partial charge in [-0.3, -0.25) is 28.8 Å². The van der Waals surface area contributed by atoms with Crippen LogP contribution in [0.2, 0.25) is 0 Å². The summed E-state index contributed by atoms with van der Waals surface area (Å²) in [5, 5.41) is 18.8. The highest BCUT2D eigenvalue weighted by Gasteiger charge is 2.42. The Morgan fingerprint density at radius 3 is 1.71 bits per heavy atom. The smallest absolute Gasteiger partial charge is 0.252 e. The first kappa shape index (κ1) is 55.4. The molecule has 8 rings (SSSR count). The van der Waals surface area contributed by atoms with E-state index in [-0.39, 0.29) is 56.0 Å². The van der Waals surface area contributed by atoms with Gasteiger partial charge in [0.15, 0.2) is 5.78 Å². The number of carbonyl (C=O) groups excluding carboxylic acids is 6. The average Bonchev–Trinajstić information content (AvgIpc) is 3.62. The standard InChI is InChI=1S/C58H64Br2N8O8/c1-34(61-3)55(71)64-45-33-66(47-17-13-14-18-48(47)68(57(45)73)32-43-41-26-24-39(60)30-37(41)22-28-51(43)76-6)52(70)20-10-8-7-9-19-49(69)53-54(65-56(72)35(2)62-4)58(74)67(46-16-12-11-15-44(46)63-53)31-42-40-25-23-38(59)29-36(40)21-27-50(42)75-5/h11-18,21-30,34-35,45,53-54,61-63H,7-10,19-20,31-33H2,1-6H3,(H,64,71)(H,65,72)/t34-,35-,45-,53?,54-/m0/s1. The molecule has 18 heteroatoms. The zero-order valence-corrected chi connectivity index (χ0v) is 46.7. The van der Waals surface area contributed by atoms with Crippen LogP contribution in [0.25, 0.3) is 21.5 Å². The van der Waals surface area contributed by atoms with Crippen molar-refractivity contribution in [3.63, 3.8) is 0 Å². The minimum atomic E-state index is -1.26. The molecule has 398 valence electrons. The van der Waals surface area contributed by atoms with E-state index >= 15 is 4.79 Å². The summed E-state index contributed by atoms with van der Waals surface area (Å²) in [6.07, 6.45) is 2.38. The van der Waals surface area contributed by atoms with Crippen molar-refractivity contribution < 1.29 is 38.2 Å². The summed E-state index contributed by atoms with van der Waals surface area (Å²) in [6.45, 7) is 3.49. The Kier molecular flexibility index (Phi) is 18.1. The quantitative estimate of drug-likeness (QED) is 0.0461. The summed E-state index contributed by atoms with van der Waals surface area (Å²) in [4.78, 5) is 90.7. The van der Waals surface area contributed by atoms with Crippen LogP contribution in [0.1, 0.15) is 63.5 Å². The summed E-state index contributed by atoms with van der Waals surface area (Å²) in [7, 11) is 6.48. The minimum absolute atomic E-state index is 0.0899. The molecular formula is C58H64Br2N8O8. The van der Waals surface area contributed by atoms with Crippen LogP contribution in [0.15, 0.2) is 118 Å². The predicted octanol–water partition coefficient (Wildman–Crippen LogP) is 8.54. The third kappa shape index (κ3) is 12.0. The van der Waals surface area contributed by atoms with Gasteiger partial charge in [-0.25, -0.2) is 0 Å². The first-order valence-corrected chi connectivity index (χ1v) is 27.1. The number of nitrogens with one attached hydrogen (secondary N) is 5. The lowest BCUT2D eigenvalue weighted by atomic mass is 9.97. The molecule has 0 fully saturated rings. The van der Waals surface area contributed by atoms with Crippen molar-refractivity contribution in [2.45, 2.75) is 95.7 Å². The van der Waals surface area contributed by atoms with E-state index < -0.39 is 42.0 Å². The molecule has 5 amide bonds. The second-order valence-electron chi connectivity index (χ2n) is 19.2. The zero-order valence-electron chi connectivity index (χ0n) is 43.5. The van der Waals surface area contributed by atoms with Crippen LogP contribution in [0.3, 0.4) is 0 Å². The molecule has 2 heterocycles. The molecule has 5 N–H and O–H groups in total. The van der Waals surface area contributed by atoms with Crippen LogP contribution < -0.4 is 50.8 Å². The zero-order chi connectivity index (χ0) is 54.2.